The molecule has 0 heterocycles. The average Bonchev–Trinajstić information content (AvgIpc) is 2.00. The van der Waals surface area contributed by atoms with E-state index >= 15 is 0 Å². The lowest BCUT2D eigenvalue weighted by Gasteiger charge is -2.23. The predicted octanol–water partition coefficient (Wildman–Crippen LogP) is 1.19. The third kappa shape index (κ3) is 3.04. The number of hydrogen-bond acceptors (Lipinski definition) is 2. The smallest absolute Gasteiger partial charge is 0.0649 e. The van der Waals surface area contributed by atoms with Gasteiger partial charge in [-0.2, -0.15) is 0 Å². The topological polar surface area (TPSA) is 40.5 Å². The molecule has 0 unspecified atom stereocenters. The molecule has 11 heavy (non-hydrogen) atoms. The van der Waals surface area contributed by atoms with E-state index in [0.717, 1.165) is 5.57 Å². The third-order valence-electron chi connectivity index (χ3n) is 2.16. The molecule has 0 aromatic carbocycles. The van der Waals surface area contributed by atoms with Gasteiger partial charge in [-0.1, -0.05) is 26.0 Å². The highest BCUT2D eigenvalue weighted by molar-refractivity contribution is 4.97. The average molecular weight is 158 g/mol. The number of rotatable bonds is 4. The molecule has 0 aliphatic rings. The molecule has 0 aromatic heterocycles. The van der Waals surface area contributed by atoms with Gasteiger partial charge in [0.15, 0.2) is 0 Å². The zero-order chi connectivity index (χ0) is 9.02. The van der Waals surface area contributed by atoms with Crippen molar-refractivity contribution in [3.8, 4) is 0 Å². The van der Waals surface area contributed by atoms with Crippen LogP contribution in [-0.2, 0) is 0 Å². The minimum absolute atomic E-state index is 0.0266. The fraction of sp³-hybridized carbons (Fsp3) is 0.778. The Balaban J connectivity index is 4.00. The zero-order valence-electron chi connectivity index (χ0n) is 7.54. The molecule has 0 aliphatic heterocycles. The minimum Gasteiger partial charge on any atom is -0.396 e. The quantitative estimate of drug-likeness (QED) is 0.603. The lowest BCUT2D eigenvalue weighted by Crippen LogP contribution is -2.28. The molecule has 0 radical (unpaired) electrons. The molecule has 0 aliphatic carbocycles. The maximum absolute atomic E-state index is 9.54. The van der Waals surface area contributed by atoms with E-state index in [9.17, 15) is 5.11 Å². The molecule has 0 rings (SSSR count). The van der Waals surface area contributed by atoms with E-state index in [-0.39, 0.29) is 18.4 Å². The Hall–Kier alpha value is -0.340. The van der Waals surface area contributed by atoms with E-state index in [4.69, 9.17) is 5.11 Å². The van der Waals surface area contributed by atoms with Crippen molar-refractivity contribution in [3.63, 3.8) is 0 Å². The molecular weight excluding hydrogens is 140 g/mol. The van der Waals surface area contributed by atoms with Crippen LogP contribution in [0, 0.1) is 11.8 Å². The number of hydrogen-bond donors (Lipinski definition) is 2. The summed E-state index contributed by atoms with van der Waals surface area (Å²) < 4.78 is 0. The van der Waals surface area contributed by atoms with Crippen LogP contribution in [0.25, 0.3) is 0 Å². The molecule has 2 heteroatoms. The van der Waals surface area contributed by atoms with Gasteiger partial charge < -0.3 is 10.2 Å². The van der Waals surface area contributed by atoms with Crippen LogP contribution in [0.4, 0.5) is 0 Å². The molecule has 3 atom stereocenters. The van der Waals surface area contributed by atoms with Gasteiger partial charge >= 0.3 is 0 Å². The van der Waals surface area contributed by atoms with Gasteiger partial charge in [0.1, 0.15) is 0 Å². The van der Waals surface area contributed by atoms with Gasteiger partial charge in [-0.05, 0) is 6.92 Å². The Bertz CT molecular complexity index is 132. The largest absolute Gasteiger partial charge is 0.396 e. The van der Waals surface area contributed by atoms with E-state index < -0.39 is 6.10 Å². The highest BCUT2D eigenvalue weighted by Crippen LogP contribution is 2.18. The molecule has 66 valence electrons. The molecule has 0 aromatic rings. The Kier molecular flexibility index (Phi) is 4.38. The van der Waals surface area contributed by atoms with Crippen molar-refractivity contribution >= 4 is 0 Å². The standard InChI is InChI=1S/C9H18O2/c1-6(2)8(4)9(11)7(3)5-10/h7-11H,1,5H2,2-4H3/t7-,8+,9+/m1/s1. The first-order chi connectivity index (χ1) is 5.00. The van der Waals surface area contributed by atoms with Gasteiger partial charge in [0, 0.05) is 18.4 Å². The minimum atomic E-state index is -0.475. The predicted molar refractivity (Wildman–Crippen MR) is 46.2 cm³/mol. The molecule has 0 amide bonds. The normalized spacial score (nSPS) is 19.0. The van der Waals surface area contributed by atoms with Crippen LogP contribution in [-0.4, -0.2) is 22.9 Å². The van der Waals surface area contributed by atoms with Crippen LogP contribution >= 0.6 is 0 Å². The summed E-state index contributed by atoms with van der Waals surface area (Å²) in [6.07, 6.45) is -0.475. The van der Waals surface area contributed by atoms with Crippen LogP contribution < -0.4 is 0 Å². The Morgan fingerprint density at radius 2 is 1.91 bits per heavy atom. The van der Waals surface area contributed by atoms with Crippen LogP contribution in [0.5, 0.6) is 0 Å². The lowest BCUT2D eigenvalue weighted by atomic mass is 9.90. The summed E-state index contributed by atoms with van der Waals surface area (Å²) in [7, 11) is 0. The van der Waals surface area contributed by atoms with Crippen molar-refractivity contribution in [2.45, 2.75) is 26.9 Å². The van der Waals surface area contributed by atoms with Gasteiger partial charge in [0.25, 0.3) is 0 Å². The van der Waals surface area contributed by atoms with Crippen LogP contribution in [0.1, 0.15) is 20.8 Å². The fourth-order valence-corrected chi connectivity index (χ4v) is 0.892. The van der Waals surface area contributed by atoms with E-state index in [1.165, 1.54) is 0 Å². The Morgan fingerprint density at radius 3 is 2.18 bits per heavy atom. The first-order valence-electron chi connectivity index (χ1n) is 3.95. The highest BCUT2D eigenvalue weighted by atomic mass is 16.3. The second-order valence-electron chi connectivity index (χ2n) is 3.29. The maximum atomic E-state index is 9.54. The van der Waals surface area contributed by atoms with E-state index in [1.54, 1.807) is 0 Å². The van der Waals surface area contributed by atoms with Gasteiger partial charge in [-0.25, -0.2) is 0 Å². The highest BCUT2D eigenvalue weighted by Gasteiger charge is 2.20. The first kappa shape index (κ1) is 10.7. The van der Waals surface area contributed by atoms with Crippen LogP contribution in [0.3, 0.4) is 0 Å². The van der Waals surface area contributed by atoms with Crippen molar-refractivity contribution in [2.75, 3.05) is 6.61 Å². The Morgan fingerprint density at radius 1 is 1.45 bits per heavy atom. The van der Waals surface area contributed by atoms with Gasteiger partial charge in [-0.3, -0.25) is 0 Å². The third-order valence-corrected chi connectivity index (χ3v) is 2.16. The second kappa shape index (κ2) is 4.52. The molecule has 0 bridgehead atoms. The summed E-state index contributed by atoms with van der Waals surface area (Å²) in [6.45, 7) is 9.40. The van der Waals surface area contributed by atoms with Crippen molar-refractivity contribution < 1.29 is 10.2 Å². The summed E-state index contributed by atoms with van der Waals surface area (Å²) in [5.41, 5.74) is 0.956. The van der Waals surface area contributed by atoms with E-state index in [1.807, 2.05) is 20.8 Å². The van der Waals surface area contributed by atoms with Gasteiger partial charge in [-0.15, -0.1) is 0 Å². The monoisotopic (exact) mass is 158 g/mol. The molecule has 0 spiro atoms. The summed E-state index contributed by atoms with van der Waals surface area (Å²) in [6, 6.07) is 0. The molecular formula is C9H18O2. The lowest BCUT2D eigenvalue weighted by molar-refractivity contribution is 0.0481. The fourth-order valence-electron chi connectivity index (χ4n) is 0.892. The van der Waals surface area contributed by atoms with Gasteiger partial charge in [0.2, 0.25) is 0 Å². The van der Waals surface area contributed by atoms with E-state index in [0.29, 0.717) is 0 Å². The zero-order valence-corrected chi connectivity index (χ0v) is 7.54. The van der Waals surface area contributed by atoms with Crippen molar-refractivity contribution in [1.82, 2.24) is 0 Å². The SMILES string of the molecule is C=C(C)[C@H](C)[C@@H](O)[C@H](C)CO. The summed E-state index contributed by atoms with van der Waals surface area (Å²) >= 11 is 0. The Labute approximate surface area is 68.6 Å². The number of aliphatic hydroxyl groups excluding tert-OH is 2. The first-order valence-corrected chi connectivity index (χ1v) is 3.95. The summed E-state index contributed by atoms with van der Waals surface area (Å²) in [5, 5.41) is 18.3. The molecule has 0 saturated heterocycles. The number of aliphatic hydroxyl groups is 2. The van der Waals surface area contributed by atoms with E-state index in [2.05, 4.69) is 6.58 Å². The van der Waals surface area contributed by atoms with Crippen LogP contribution in [0.15, 0.2) is 12.2 Å². The maximum Gasteiger partial charge on any atom is 0.0649 e. The molecule has 0 saturated carbocycles. The second-order valence-corrected chi connectivity index (χ2v) is 3.29. The molecule has 2 N–H and O–H groups in total. The van der Waals surface area contributed by atoms with Crippen molar-refractivity contribution in [1.29, 1.82) is 0 Å². The van der Waals surface area contributed by atoms with Crippen molar-refractivity contribution in [2.24, 2.45) is 11.8 Å². The molecule has 2 nitrogen and oxygen atoms in total. The van der Waals surface area contributed by atoms with Gasteiger partial charge in [0.05, 0.1) is 6.10 Å². The van der Waals surface area contributed by atoms with Crippen molar-refractivity contribution in [3.05, 3.63) is 12.2 Å². The summed E-state index contributed by atoms with van der Waals surface area (Å²) in [5.74, 6) is -0.00106. The van der Waals surface area contributed by atoms with Crippen LogP contribution in [0.2, 0.25) is 0 Å². The summed E-state index contributed by atoms with van der Waals surface area (Å²) in [4.78, 5) is 0. The molecule has 0 fully saturated rings.